The van der Waals surface area contributed by atoms with Gasteiger partial charge in [0.1, 0.15) is 0 Å². The second-order valence-electron chi connectivity index (χ2n) is 5.37. The van der Waals surface area contributed by atoms with Gasteiger partial charge in [-0.1, -0.05) is 43.6 Å². The molecule has 0 aliphatic carbocycles. The molecule has 22 heavy (non-hydrogen) atoms. The van der Waals surface area contributed by atoms with Crippen LogP contribution in [0.3, 0.4) is 0 Å². The van der Waals surface area contributed by atoms with E-state index in [9.17, 15) is 22.8 Å². The summed E-state index contributed by atoms with van der Waals surface area (Å²) < 4.78 is 47.7. The second kappa shape index (κ2) is 8.74. The highest BCUT2D eigenvalue weighted by atomic mass is 79.9. The van der Waals surface area contributed by atoms with Crippen molar-refractivity contribution in [2.45, 2.75) is 52.8 Å². The lowest BCUT2D eigenvalue weighted by molar-refractivity contribution is -0.222. The highest BCUT2D eigenvalue weighted by Crippen LogP contribution is 2.33. The van der Waals surface area contributed by atoms with E-state index in [1.54, 1.807) is 0 Å². The van der Waals surface area contributed by atoms with E-state index in [-0.39, 0.29) is 25.4 Å². The number of rotatable bonds is 8. The lowest BCUT2D eigenvalue weighted by Gasteiger charge is -2.29. The van der Waals surface area contributed by atoms with Gasteiger partial charge in [-0.3, -0.25) is 9.59 Å². The maximum Gasteiger partial charge on any atom is 0.426 e. The summed E-state index contributed by atoms with van der Waals surface area (Å²) in [6.45, 7) is 6.80. The van der Waals surface area contributed by atoms with Crippen LogP contribution in [0.4, 0.5) is 13.2 Å². The molecule has 130 valence electrons. The molecule has 0 saturated heterocycles. The first-order valence-electron chi connectivity index (χ1n) is 7.06. The Labute approximate surface area is 136 Å². The number of alkyl halides is 4. The predicted octanol–water partition coefficient (Wildman–Crippen LogP) is 3.86. The minimum atomic E-state index is -4.70. The van der Waals surface area contributed by atoms with E-state index < -0.39 is 35.0 Å². The number of ether oxygens (including phenoxy) is 2. The van der Waals surface area contributed by atoms with Crippen molar-refractivity contribution in [1.82, 2.24) is 0 Å². The summed E-state index contributed by atoms with van der Waals surface area (Å²) >= 11 is 2.66. The van der Waals surface area contributed by atoms with Crippen LogP contribution in [0.5, 0.6) is 0 Å². The third kappa shape index (κ3) is 5.44. The van der Waals surface area contributed by atoms with Gasteiger partial charge in [0.05, 0.1) is 6.61 Å². The number of hydrogen-bond acceptors (Lipinski definition) is 4. The maximum atomic E-state index is 12.7. The van der Waals surface area contributed by atoms with Crippen LogP contribution < -0.4 is 0 Å². The first-order chi connectivity index (χ1) is 10.0. The monoisotopic (exact) mass is 390 g/mol. The molecule has 0 aromatic heterocycles. The van der Waals surface area contributed by atoms with Crippen molar-refractivity contribution in [2.75, 3.05) is 11.9 Å². The highest BCUT2D eigenvalue weighted by molar-refractivity contribution is 9.09. The molecule has 0 rings (SSSR count). The van der Waals surface area contributed by atoms with Crippen molar-refractivity contribution in [1.29, 1.82) is 0 Å². The van der Waals surface area contributed by atoms with Gasteiger partial charge in [-0.05, 0) is 18.8 Å². The fraction of sp³-hybridized carbons (Fsp3) is 0.857. The third-order valence-electron chi connectivity index (χ3n) is 3.29. The fourth-order valence-electron chi connectivity index (χ4n) is 1.72. The summed E-state index contributed by atoms with van der Waals surface area (Å²) in [5.41, 5.74) is -1.71. The van der Waals surface area contributed by atoms with Gasteiger partial charge < -0.3 is 9.47 Å². The van der Waals surface area contributed by atoms with Gasteiger partial charge >= 0.3 is 18.1 Å². The Bertz CT molecular complexity index is 379. The molecular formula is C14H22BrF3O4. The smallest absolute Gasteiger partial charge is 0.426 e. The van der Waals surface area contributed by atoms with E-state index in [2.05, 4.69) is 20.7 Å². The van der Waals surface area contributed by atoms with Gasteiger partial charge in [0, 0.05) is 5.33 Å². The van der Waals surface area contributed by atoms with Crippen LogP contribution in [0.15, 0.2) is 0 Å². The largest absolute Gasteiger partial charge is 0.465 e. The Morgan fingerprint density at radius 3 is 1.91 bits per heavy atom. The predicted molar refractivity (Wildman–Crippen MR) is 78.5 cm³/mol. The minimum absolute atomic E-state index is 0.00608. The van der Waals surface area contributed by atoms with Crippen LogP contribution in [0.1, 0.15) is 40.5 Å². The van der Waals surface area contributed by atoms with Gasteiger partial charge in [0.2, 0.25) is 6.10 Å². The molecule has 0 radical (unpaired) electrons. The minimum Gasteiger partial charge on any atom is -0.465 e. The summed E-state index contributed by atoms with van der Waals surface area (Å²) in [7, 11) is 0. The van der Waals surface area contributed by atoms with Gasteiger partial charge in [-0.25, -0.2) is 0 Å². The molecule has 4 nitrogen and oxygen atoms in total. The molecule has 0 aliphatic heterocycles. The Hall–Kier alpha value is -0.790. The van der Waals surface area contributed by atoms with Gasteiger partial charge in [0.25, 0.3) is 0 Å². The Morgan fingerprint density at radius 2 is 1.59 bits per heavy atom. The van der Waals surface area contributed by atoms with Gasteiger partial charge in [-0.2, -0.15) is 13.2 Å². The van der Waals surface area contributed by atoms with Crippen LogP contribution in [0.25, 0.3) is 0 Å². The lowest BCUT2D eigenvalue weighted by Crippen LogP contribution is -2.46. The molecule has 0 aliphatic rings. The van der Waals surface area contributed by atoms with E-state index in [0.29, 0.717) is 0 Å². The molecule has 0 heterocycles. The second-order valence-corrected chi connectivity index (χ2v) is 6.02. The zero-order valence-corrected chi connectivity index (χ0v) is 14.7. The van der Waals surface area contributed by atoms with Crippen molar-refractivity contribution >= 4 is 27.9 Å². The summed E-state index contributed by atoms with van der Waals surface area (Å²) in [4.78, 5) is 24.4. The Balaban J connectivity index is 5.21. The maximum absolute atomic E-state index is 12.7. The van der Waals surface area contributed by atoms with E-state index in [1.165, 1.54) is 13.8 Å². The topological polar surface area (TPSA) is 52.6 Å². The van der Waals surface area contributed by atoms with E-state index >= 15 is 0 Å². The van der Waals surface area contributed by atoms with E-state index in [4.69, 9.17) is 4.74 Å². The molecule has 0 aromatic carbocycles. The first kappa shape index (κ1) is 21.2. The number of carbonyl (C=O) groups excluding carboxylic acids is 2. The van der Waals surface area contributed by atoms with E-state index in [1.807, 2.05) is 13.8 Å². The van der Waals surface area contributed by atoms with Crippen molar-refractivity contribution in [3.8, 4) is 0 Å². The third-order valence-corrected chi connectivity index (χ3v) is 3.88. The number of hydrogen-bond donors (Lipinski definition) is 0. The molecule has 0 bridgehead atoms. The normalized spacial score (nSPS) is 13.9. The molecule has 8 heteroatoms. The van der Waals surface area contributed by atoms with Crippen LogP contribution >= 0.6 is 15.9 Å². The van der Waals surface area contributed by atoms with Crippen molar-refractivity contribution in [3.63, 3.8) is 0 Å². The SMILES string of the molecule is CCC(CC)(C(=O)OCC(C)C)C(=O)OC(CBr)C(F)(F)F. The lowest BCUT2D eigenvalue weighted by atomic mass is 9.82. The number of carbonyl (C=O) groups is 2. The fourth-order valence-corrected chi connectivity index (χ4v) is 2.22. The molecular weight excluding hydrogens is 369 g/mol. The Morgan fingerprint density at radius 1 is 1.09 bits per heavy atom. The number of halogens is 4. The zero-order chi connectivity index (χ0) is 17.6. The molecule has 0 N–H and O–H groups in total. The van der Waals surface area contributed by atoms with Crippen molar-refractivity contribution in [3.05, 3.63) is 0 Å². The molecule has 0 spiro atoms. The first-order valence-corrected chi connectivity index (χ1v) is 8.18. The standard InChI is InChI=1S/C14H22BrF3O4/c1-5-13(6-2,11(19)21-8-9(3)4)12(20)22-10(7-15)14(16,17)18/h9-10H,5-8H2,1-4H3. The van der Waals surface area contributed by atoms with Crippen LogP contribution in [0, 0.1) is 11.3 Å². The summed E-state index contributed by atoms with van der Waals surface area (Å²) in [6.07, 6.45) is -6.98. The van der Waals surface area contributed by atoms with E-state index in [0.717, 1.165) is 0 Å². The average molecular weight is 391 g/mol. The molecule has 0 aromatic rings. The number of esters is 2. The highest BCUT2D eigenvalue weighted by Gasteiger charge is 2.50. The van der Waals surface area contributed by atoms with Gasteiger partial charge in [-0.15, -0.1) is 0 Å². The quantitative estimate of drug-likeness (QED) is 0.358. The average Bonchev–Trinajstić information content (AvgIpc) is 2.42. The molecule has 1 unspecified atom stereocenters. The summed E-state index contributed by atoms with van der Waals surface area (Å²) in [6, 6.07) is 0. The van der Waals surface area contributed by atoms with Crippen molar-refractivity contribution < 1.29 is 32.2 Å². The van der Waals surface area contributed by atoms with Crippen LogP contribution in [0.2, 0.25) is 0 Å². The molecule has 0 amide bonds. The van der Waals surface area contributed by atoms with Crippen LogP contribution in [-0.4, -0.2) is 36.2 Å². The zero-order valence-electron chi connectivity index (χ0n) is 13.1. The molecule has 1 atom stereocenters. The van der Waals surface area contributed by atoms with Crippen molar-refractivity contribution in [2.24, 2.45) is 11.3 Å². The molecule has 0 fully saturated rings. The summed E-state index contributed by atoms with van der Waals surface area (Å²) in [5.74, 6) is -1.99. The Kier molecular flexibility index (Phi) is 8.43. The molecule has 0 saturated carbocycles. The van der Waals surface area contributed by atoms with Crippen LogP contribution in [-0.2, 0) is 19.1 Å². The summed E-state index contributed by atoms with van der Waals surface area (Å²) in [5, 5.41) is -0.590. The van der Waals surface area contributed by atoms with Gasteiger partial charge in [0.15, 0.2) is 5.41 Å².